The molecule has 9 heteroatoms. The van der Waals surface area contributed by atoms with Gasteiger partial charge in [-0.25, -0.2) is 0 Å². The lowest BCUT2D eigenvalue weighted by molar-refractivity contribution is -0.137. The maximum atomic E-state index is 12.3. The van der Waals surface area contributed by atoms with E-state index >= 15 is 0 Å². The van der Waals surface area contributed by atoms with Crippen LogP contribution in [0.2, 0.25) is 0 Å². The van der Waals surface area contributed by atoms with Crippen LogP contribution in [0, 0.1) is 0 Å². The first-order valence-electron chi connectivity index (χ1n) is 5.12. The van der Waals surface area contributed by atoms with Gasteiger partial charge in [0.25, 0.3) is 5.91 Å². The second-order valence-corrected chi connectivity index (χ2v) is 3.42. The normalized spacial score (nSPS) is 9.65. The van der Waals surface area contributed by atoms with Gasteiger partial charge in [-0.3, -0.25) is 4.79 Å². The van der Waals surface area contributed by atoms with Crippen LogP contribution in [-0.2, 0) is 6.18 Å². The predicted molar refractivity (Wildman–Crippen MR) is 73.8 cm³/mol. The van der Waals surface area contributed by atoms with E-state index in [0.717, 1.165) is 12.1 Å². The number of benzene rings is 1. The molecule has 0 aliphatic rings. The van der Waals surface area contributed by atoms with Crippen LogP contribution in [0.25, 0.3) is 0 Å². The molecular weight excluding hydrogens is 297 g/mol. The van der Waals surface area contributed by atoms with Crippen LogP contribution in [-0.4, -0.2) is 26.0 Å². The maximum Gasteiger partial charge on any atom is 0.416 e. The molecule has 5 nitrogen and oxygen atoms in total. The summed E-state index contributed by atoms with van der Waals surface area (Å²) < 4.78 is 36.9. The van der Waals surface area contributed by atoms with Crippen molar-refractivity contribution in [3.63, 3.8) is 0 Å². The summed E-state index contributed by atoms with van der Waals surface area (Å²) in [4.78, 5) is 14.4. The Morgan fingerprint density at radius 1 is 1.25 bits per heavy atom. The number of nitrogens with two attached hydrogens (primary N) is 2. The summed E-state index contributed by atoms with van der Waals surface area (Å²) in [5, 5.41) is 2.75. The predicted octanol–water partition coefficient (Wildman–Crippen LogP) is 1.38. The first-order chi connectivity index (χ1) is 8.72. The highest BCUT2D eigenvalue weighted by Gasteiger charge is 2.30. The lowest BCUT2D eigenvalue weighted by Gasteiger charge is -2.06. The van der Waals surface area contributed by atoms with Gasteiger partial charge >= 0.3 is 6.18 Å². The molecule has 0 aromatic heterocycles. The number of hydrogen-bond acceptors (Lipinski definition) is 2. The third-order valence-corrected chi connectivity index (χ3v) is 1.67. The molecular formula is C11H16ClF3N4O. The summed E-state index contributed by atoms with van der Waals surface area (Å²) in [6.07, 6.45) is -4.51. The van der Waals surface area contributed by atoms with E-state index < -0.39 is 23.6 Å². The molecule has 1 rings (SSSR count). The van der Waals surface area contributed by atoms with E-state index in [1.807, 2.05) is 14.1 Å². The first-order valence-corrected chi connectivity index (χ1v) is 5.12. The zero-order valence-corrected chi connectivity index (χ0v) is 11.7. The largest absolute Gasteiger partial charge is 0.416 e. The van der Waals surface area contributed by atoms with E-state index in [4.69, 9.17) is 11.5 Å². The Balaban J connectivity index is 0. The first kappa shape index (κ1) is 20.5. The number of guanidine groups is 1. The molecule has 1 aromatic rings. The van der Waals surface area contributed by atoms with E-state index in [-0.39, 0.29) is 18.0 Å². The molecule has 0 radical (unpaired) electrons. The van der Waals surface area contributed by atoms with E-state index in [1.54, 1.807) is 0 Å². The van der Waals surface area contributed by atoms with Crippen molar-refractivity contribution in [1.82, 2.24) is 5.32 Å². The molecule has 0 bridgehead atoms. The molecule has 1 amide bonds. The second-order valence-electron chi connectivity index (χ2n) is 3.42. The Kier molecular flexibility index (Phi) is 9.40. The highest BCUT2D eigenvalue weighted by molar-refractivity contribution is 6.01. The number of carbonyl (C=O) groups excluding carboxylic acids is 1. The highest BCUT2D eigenvalue weighted by Crippen LogP contribution is 2.29. The molecule has 5 N–H and O–H groups in total. The van der Waals surface area contributed by atoms with Crippen LogP contribution in [0.3, 0.4) is 0 Å². The fourth-order valence-corrected chi connectivity index (χ4v) is 1.01. The molecule has 0 saturated heterocycles. The average molecular weight is 313 g/mol. The molecule has 0 heterocycles. The Hall–Kier alpha value is -1.80. The quantitative estimate of drug-likeness (QED) is 0.539. The summed E-state index contributed by atoms with van der Waals surface area (Å²) in [6, 6.07) is 3.85. The number of alkyl halides is 3. The van der Waals surface area contributed by atoms with Gasteiger partial charge in [-0.05, 0) is 32.3 Å². The molecule has 114 valence electrons. The molecule has 0 spiro atoms. The highest BCUT2D eigenvalue weighted by atomic mass is 35.5. The van der Waals surface area contributed by atoms with Crippen LogP contribution in [0.15, 0.2) is 29.3 Å². The van der Waals surface area contributed by atoms with Crippen molar-refractivity contribution < 1.29 is 18.0 Å². The van der Waals surface area contributed by atoms with E-state index in [0.29, 0.717) is 6.07 Å². The van der Waals surface area contributed by atoms with Crippen LogP contribution in [0.1, 0.15) is 15.9 Å². The van der Waals surface area contributed by atoms with Gasteiger partial charge in [0.2, 0.25) is 0 Å². The molecule has 0 fully saturated rings. The standard InChI is InChI=1S/C9H8F3N3O.C2H7N.ClH/c10-9(11,12)6-3-1-2-5(4-6)7(16)15-8(13)14;1-3-2;/h1-4H,(H4,13,14,15,16);3H,1-2H3;1H. The number of rotatable bonds is 1. The molecule has 0 atom stereocenters. The van der Waals surface area contributed by atoms with Crippen molar-refractivity contribution in [3.05, 3.63) is 35.4 Å². The average Bonchev–Trinajstić information content (AvgIpc) is 2.28. The van der Waals surface area contributed by atoms with Crippen molar-refractivity contribution in [2.45, 2.75) is 6.18 Å². The lowest BCUT2D eigenvalue weighted by atomic mass is 10.1. The SMILES string of the molecule is CNC.Cl.NC(N)=NC(=O)c1cccc(C(F)(F)F)c1. The molecule has 20 heavy (non-hydrogen) atoms. The van der Waals surface area contributed by atoms with Crippen LogP contribution in [0.4, 0.5) is 13.2 Å². The molecule has 1 aromatic carbocycles. The van der Waals surface area contributed by atoms with Crippen molar-refractivity contribution in [2.24, 2.45) is 16.5 Å². The molecule has 0 saturated carbocycles. The van der Waals surface area contributed by atoms with E-state index in [1.165, 1.54) is 6.07 Å². The van der Waals surface area contributed by atoms with Gasteiger partial charge in [0, 0.05) is 5.56 Å². The molecule has 0 aliphatic heterocycles. The third-order valence-electron chi connectivity index (χ3n) is 1.67. The van der Waals surface area contributed by atoms with Crippen molar-refractivity contribution >= 4 is 24.3 Å². The Labute approximate surface area is 120 Å². The van der Waals surface area contributed by atoms with E-state index in [9.17, 15) is 18.0 Å². The van der Waals surface area contributed by atoms with Gasteiger partial charge in [-0.1, -0.05) is 6.07 Å². The zero-order chi connectivity index (χ0) is 15.1. The van der Waals surface area contributed by atoms with Gasteiger partial charge in [0.1, 0.15) is 0 Å². The smallest absolute Gasteiger partial charge is 0.370 e. The Morgan fingerprint density at radius 2 is 1.75 bits per heavy atom. The number of amides is 1. The van der Waals surface area contributed by atoms with Crippen molar-refractivity contribution in [1.29, 1.82) is 0 Å². The summed E-state index contributed by atoms with van der Waals surface area (Å²) >= 11 is 0. The van der Waals surface area contributed by atoms with E-state index in [2.05, 4.69) is 10.3 Å². The lowest BCUT2D eigenvalue weighted by Crippen LogP contribution is -2.24. The number of nitrogens with zero attached hydrogens (tertiary/aromatic N) is 1. The van der Waals surface area contributed by atoms with Crippen molar-refractivity contribution in [2.75, 3.05) is 14.1 Å². The maximum absolute atomic E-state index is 12.3. The van der Waals surface area contributed by atoms with Gasteiger partial charge in [-0.15, -0.1) is 12.4 Å². The van der Waals surface area contributed by atoms with Gasteiger partial charge in [-0.2, -0.15) is 18.2 Å². The second kappa shape index (κ2) is 9.16. The van der Waals surface area contributed by atoms with Crippen molar-refractivity contribution in [3.8, 4) is 0 Å². The number of aliphatic imine (C=N–C) groups is 1. The fraction of sp³-hybridized carbons (Fsp3) is 0.273. The number of carbonyl (C=O) groups is 1. The van der Waals surface area contributed by atoms with Gasteiger partial charge in [0.05, 0.1) is 5.56 Å². The zero-order valence-electron chi connectivity index (χ0n) is 10.9. The molecule has 0 aliphatic carbocycles. The number of halogens is 4. The topological polar surface area (TPSA) is 93.5 Å². The van der Waals surface area contributed by atoms with Crippen LogP contribution < -0.4 is 16.8 Å². The minimum atomic E-state index is -4.51. The Bertz CT molecular complexity index is 459. The van der Waals surface area contributed by atoms with Gasteiger partial charge in [0.15, 0.2) is 5.96 Å². The summed E-state index contributed by atoms with van der Waals surface area (Å²) in [5.74, 6) is -1.41. The fourth-order valence-electron chi connectivity index (χ4n) is 1.01. The minimum Gasteiger partial charge on any atom is -0.370 e. The number of nitrogens with one attached hydrogen (secondary N) is 1. The summed E-state index contributed by atoms with van der Waals surface area (Å²) in [7, 11) is 3.75. The Morgan fingerprint density at radius 3 is 2.15 bits per heavy atom. The minimum absolute atomic E-state index is 0. The summed E-state index contributed by atoms with van der Waals surface area (Å²) in [6.45, 7) is 0. The monoisotopic (exact) mass is 312 g/mol. The number of hydrogen-bond donors (Lipinski definition) is 3. The van der Waals surface area contributed by atoms with Crippen LogP contribution in [0.5, 0.6) is 0 Å². The van der Waals surface area contributed by atoms with Crippen LogP contribution >= 0.6 is 12.4 Å². The summed E-state index contributed by atoms with van der Waals surface area (Å²) in [5.41, 5.74) is 8.73. The van der Waals surface area contributed by atoms with Gasteiger partial charge < -0.3 is 16.8 Å². The molecule has 0 unspecified atom stereocenters. The third kappa shape index (κ3) is 7.59.